The van der Waals surface area contributed by atoms with E-state index in [1.807, 2.05) is 12.1 Å². The summed E-state index contributed by atoms with van der Waals surface area (Å²) in [6.07, 6.45) is 3.15. The molecule has 3 aromatic rings. The van der Waals surface area contributed by atoms with Gasteiger partial charge in [0.05, 0.1) is 24.3 Å². The van der Waals surface area contributed by atoms with Gasteiger partial charge in [0.2, 0.25) is 5.91 Å². The molecule has 2 amide bonds. The maximum Gasteiger partial charge on any atom is 0.255 e. The number of pyridine rings is 1. The molecule has 2 aliphatic rings. The van der Waals surface area contributed by atoms with Crippen LogP contribution in [0.25, 0.3) is 11.1 Å². The van der Waals surface area contributed by atoms with E-state index in [1.165, 1.54) is 17.3 Å². The van der Waals surface area contributed by atoms with Crippen LogP contribution in [-0.4, -0.2) is 63.5 Å². The first kappa shape index (κ1) is 20.4. The maximum absolute atomic E-state index is 12.9. The molecule has 3 heterocycles. The first-order chi connectivity index (χ1) is 15.6. The maximum atomic E-state index is 12.9. The van der Waals surface area contributed by atoms with Gasteiger partial charge < -0.3 is 14.9 Å². The SMILES string of the molecule is Cc1ccccc1-c1ccc(C2[C@@H](CO)N3C(=O)CN(C(=O)c4cccnc4)C[C@H]23)cc1. The van der Waals surface area contributed by atoms with E-state index in [0.29, 0.717) is 12.1 Å². The number of rotatable bonds is 4. The summed E-state index contributed by atoms with van der Waals surface area (Å²) < 4.78 is 0. The predicted molar refractivity (Wildman–Crippen MR) is 121 cm³/mol. The first-order valence-electron chi connectivity index (χ1n) is 10.9. The summed E-state index contributed by atoms with van der Waals surface area (Å²) in [4.78, 5) is 33.1. The van der Waals surface area contributed by atoms with Crippen molar-refractivity contribution in [2.24, 2.45) is 0 Å². The summed E-state index contributed by atoms with van der Waals surface area (Å²) in [5.41, 5.74) is 5.09. The third-order valence-corrected chi connectivity index (χ3v) is 6.70. The molecule has 3 atom stereocenters. The number of fused-ring (bicyclic) bond motifs is 1. The van der Waals surface area contributed by atoms with E-state index in [-0.39, 0.29) is 43.0 Å². The summed E-state index contributed by atoms with van der Waals surface area (Å²) in [6, 6.07) is 19.6. The molecular formula is C26H25N3O3. The normalized spacial score (nSPS) is 22.3. The molecule has 2 fully saturated rings. The lowest BCUT2D eigenvalue weighted by Gasteiger charge is -2.58. The van der Waals surface area contributed by atoms with Crippen molar-refractivity contribution in [3.05, 3.63) is 89.7 Å². The van der Waals surface area contributed by atoms with Gasteiger partial charge in [0.25, 0.3) is 5.91 Å². The largest absolute Gasteiger partial charge is 0.394 e. The van der Waals surface area contributed by atoms with E-state index in [1.54, 1.807) is 28.1 Å². The minimum Gasteiger partial charge on any atom is -0.394 e. The molecule has 6 nitrogen and oxygen atoms in total. The van der Waals surface area contributed by atoms with Crippen LogP contribution in [0.15, 0.2) is 73.1 Å². The minimum absolute atomic E-state index is 0.0145. The second kappa shape index (κ2) is 8.20. The van der Waals surface area contributed by atoms with Crippen molar-refractivity contribution in [2.45, 2.75) is 24.9 Å². The molecule has 0 saturated carbocycles. The second-order valence-corrected chi connectivity index (χ2v) is 8.51. The number of nitrogens with zero attached hydrogens (tertiary/aromatic N) is 3. The predicted octanol–water partition coefficient (Wildman–Crippen LogP) is 2.87. The third kappa shape index (κ3) is 3.37. The molecule has 1 aromatic heterocycles. The smallest absolute Gasteiger partial charge is 0.255 e. The van der Waals surface area contributed by atoms with E-state index in [2.05, 4.69) is 48.3 Å². The van der Waals surface area contributed by atoms with E-state index in [9.17, 15) is 14.7 Å². The Labute approximate surface area is 187 Å². The average molecular weight is 428 g/mol. The number of hydrogen-bond donors (Lipinski definition) is 1. The number of carbonyl (C=O) groups is 2. The molecular weight excluding hydrogens is 402 g/mol. The van der Waals surface area contributed by atoms with Crippen LogP contribution < -0.4 is 0 Å². The summed E-state index contributed by atoms with van der Waals surface area (Å²) in [5.74, 6) is -0.322. The van der Waals surface area contributed by atoms with Crippen molar-refractivity contribution >= 4 is 11.8 Å². The highest BCUT2D eigenvalue weighted by molar-refractivity contribution is 5.97. The molecule has 0 aliphatic carbocycles. The van der Waals surface area contributed by atoms with Gasteiger partial charge in [-0.15, -0.1) is 0 Å². The Bertz CT molecular complexity index is 1150. The van der Waals surface area contributed by atoms with Crippen LogP contribution in [0.5, 0.6) is 0 Å². The lowest BCUT2D eigenvalue weighted by molar-refractivity contribution is -0.159. The molecule has 32 heavy (non-hydrogen) atoms. The van der Waals surface area contributed by atoms with Gasteiger partial charge in [0.15, 0.2) is 0 Å². The Morgan fingerprint density at radius 1 is 1.09 bits per heavy atom. The van der Waals surface area contributed by atoms with Gasteiger partial charge in [-0.3, -0.25) is 14.6 Å². The Hall–Kier alpha value is -3.51. The fraction of sp³-hybridized carbons (Fsp3) is 0.269. The van der Waals surface area contributed by atoms with Crippen LogP contribution in [0.1, 0.15) is 27.4 Å². The van der Waals surface area contributed by atoms with Crippen molar-refractivity contribution < 1.29 is 14.7 Å². The summed E-state index contributed by atoms with van der Waals surface area (Å²) in [6.45, 7) is 2.47. The standard InChI is InChI=1S/C26H25N3O3/c1-17-5-2-3-7-21(17)18-8-10-19(11-9-18)25-22-14-28(15-24(31)29(22)23(25)16-30)26(32)20-6-4-12-27-13-20/h2-13,22-23,25,30H,14-16H2,1H3/t22-,23-,25?/m1/s1. The number of amides is 2. The summed E-state index contributed by atoms with van der Waals surface area (Å²) in [7, 11) is 0. The van der Waals surface area contributed by atoms with Crippen LogP contribution in [0.2, 0.25) is 0 Å². The van der Waals surface area contributed by atoms with Gasteiger partial charge in [-0.05, 0) is 41.3 Å². The fourth-order valence-electron chi connectivity index (χ4n) is 5.11. The first-order valence-corrected chi connectivity index (χ1v) is 10.9. The van der Waals surface area contributed by atoms with E-state index in [4.69, 9.17) is 0 Å². The number of benzene rings is 2. The highest BCUT2D eigenvalue weighted by Crippen LogP contribution is 2.43. The Morgan fingerprint density at radius 2 is 1.88 bits per heavy atom. The fourth-order valence-corrected chi connectivity index (χ4v) is 5.11. The lowest BCUT2D eigenvalue weighted by Crippen LogP contribution is -2.73. The van der Waals surface area contributed by atoms with Crippen molar-refractivity contribution in [3.63, 3.8) is 0 Å². The third-order valence-electron chi connectivity index (χ3n) is 6.70. The molecule has 1 unspecified atom stereocenters. The van der Waals surface area contributed by atoms with Gasteiger partial charge in [-0.1, -0.05) is 48.5 Å². The lowest BCUT2D eigenvalue weighted by atomic mass is 9.73. The quantitative estimate of drug-likeness (QED) is 0.695. The highest BCUT2D eigenvalue weighted by Gasteiger charge is 2.54. The zero-order valence-electron chi connectivity index (χ0n) is 17.9. The molecule has 6 heteroatoms. The molecule has 2 saturated heterocycles. The molecule has 0 spiro atoms. The van der Waals surface area contributed by atoms with E-state index < -0.39 is 0 Å². The van der Waals surface area contributed by atoms with Gasteiger partial charge in [-0.25, -0.2) is 0 Å². The zero-order chi connectivity index (χ0) is 22.2. The van der Waals surface area contributed by atoms with Crippen molar-refractivity contribution in [3.8, 4) is 11.1 Å². The van der Waals surface area contributed by atoms with Crippen LogP contribution in [0.4, 0.5) is 0 Å². The molecule has 1 N–H and O–H groups in total. The van der Waals surface area contributed by atoms with Crippen LogP contribution in [0.3, 0.4) is 0 Å². The highest BCUT2D eigenvalue weighted by atomic mass is 16.3. The number of aryl methyl sites for hydroxylation is 1. The van der Waals surface area contributed by atoms with Crippen LogP contribution in [0, 0.1) is 6.92 Å². The number of carbonyl (C=O) groups excluding carboxylic acids is 2. The molecule has 162 valence electrons. The summed E-state index contributed by atoms with van der Waals surface area (Å²) in [5, 5.41) is 10.0. The topological polar surface area (TPSA) is 73.7 Å². The van der Waals surface area contributed by atoms with Gasteiger partial charge >= 0.3 is 0 Å². The summed E-state index contributed by atoms with van der Waals surface area (Å²) >= 11 is 0. The minimum atomic E-state index is -0.257. The number of aliphatic hydroxyl groups is 1. The molecule has 2 aliphatic heterocycles. The number of aromatic nitrogens is 1. The number of piperazine rings is 1. The van der Waals surface area contributed by atoms with Gasteiger partial charge in [-0.2, -0.15) is 0 Å². The Morgan fingerprint density at radius 3 is 2.56 bits per heavy atom. The average Bonchev–Trinajstić information content (AvgIpc) is 2.81. The molecule has 0 radical (unpaired) electrons. The Kier molecular flexibility index (Phi) is 5.23. The zero-order valence-corrected chi connectivity index (χ0v) is 17.9. The van der Waals surface area contributed by atoms with Gasteiger partial charge in [0.1, 0.15) is 6.54 Å². The monoisotopic (exact) mass is 427 g/mol. The van der Waals surface area contributed by atoms with E-state index in [0.717, 1.165) is 11.1 Å². The van der Waals surface area contributed by atoms with Crippen molar-refractivity contribution in [1.29, 1.82) is 0 Å². The molecule has 5 rings (SSSR count). The van der Waals surface area contributed by atoms with Gasteiger partial charge in [0, 0.05) is 24.9 Å². The van der Waals surface area contributed by atoms with Crippen LogP contribution in [-0.2, 0) is 4.79 Å². The molecule has 0 bridgehead atoms. The number of aliphatic hydroxyl groups excluding tert-OH is 1. The second-order valence-electron chi connectivity index (χ2n) is 8.51. The molecule has 2 aromatic carbocycles. The van der Waals surface area contributed by atoms with Crippen molar-refractivity contribution in [1.82, 2.24) is 14.8 Å². The Balaban J connectivity index is 1.40. The number of hydrogen-bond acceptors (Lipinski definition) is 4. The van der Waals surface area contributed by atoms with Crippen molar-refractivity contribution in [2.75, 3.05) is 19.7 Å². The van der Waals surface area contributed by atoms with Crippen LogP contribution >= 0.6 is 0 Å². The van der Waals surface area contributed by atoms with E-state index >= 15 is 0 Å².